The Kier molecular flexibility index (Phi) is 7.80. The van der Waals surface area contributed by atoms with E-state index in [1.807, 2.05) is 0 Å². The molecule has 1 aromatic rings. The van der Waals surface area contributed by atoms with E-state index in [1.165, 1.54) is 6.92 Å². The number of nitrogens with one attached hydrogen (secondary N) is 1. The number of hydrogen-bond donors (Lipinski definition) is 1. The lowest BCUT2D eigenvalue weighted by molar-refractivity contribution is -0.145. The van der Waals surface area contributed by atoms with Crippen molar-refractivity contribution in [2.45, 2.75) is 39.3 Å². The molecule has 0 saturated heterocycles. The molecule has 25 heavy (non-hydrogen) atoms. The summed E-state index contributed by atoms with van der Waals surface area (Å²) < 4.78 is 18.9. The third kappa shape index (κ3) is 6.83. The maximum atomic E-state index is 11.8. The van der Waals surface area contributed by atoms with Gasteiger partial charge in [-0.1, -0.05) is 0 Å². The Morgan fingerprint density at radius 2 is 2.04 bits per heavy atom. The van der Waals surface area contributed by atoms with Crippen molar-refractivity contribution >= 4 is 24.1 Å². The number of aryl methyl sites for hydroxylation is 1. The third-order valence-electron chi connectivity index (χ3n) is 2.91. The van der Waals surface area contributed by atoms with Crippen LogP contribution >= 0.6 is 0 Å². The summed E-state index contributed by atoms with van der Waals surface area (Å²) in [5.74, 6) is -2.03. The number of carbonyl (C=O) groups excluding carboxylic acids is 3. The van der Waals surface area contributed by atoms with Crippen LogP contribution in [0, 0.1) is 6.92 Å². The second-order valence-corrected chi connectivity index (χ2v) is 4.71. The van der Waals surface area contributed by atoms with Crippen molar-refractivity contribution in [2.24, 2.45) is 0 Å². The Balaban J connectivity index is 2.62. The number of esters is 1. The summed E-state index contributed by atoms with van der Waals surface area (Å²) in [6, 6.07) is -1.14. The topological polar surface area (TPSA) is 161 Å². The fraction of sp³-hybridized carbons (Fsp3) is 0.500. The summed E-state index contributed by atoms with van der Waals surface area (Å²) in [6.07, 6.45) is -0.545. The molecule has 0 spiro atoms. The van der Waals surface area contributed by atoms with Gasteiger partial charge in [-0.2, -0.15) is 4.79 Å². The summed E-state index contributed by atoms with van der Waals surface area (Å²) in [5, 5.41) is 2.25. The third-order valence-corrected chi connectivity index (χ3v) is 2.91. The molecule has 0 aliphatic rings. The molecule has 1 heterocycles. The Hall–Kier alpha value is -3.20. The number of amides is 1. The molecule has 1 N–H and O–H groups in total. The number of nitrogens with zero attached hydrogens (tertiary/aromatic N) is 2. The second-order valence-electron chi connectivity index (χ2n) is 4.71. The SMILES string of the molecule is CCOC(=O)C(CCC(=O)C=[N+]=[N-])NC(=O)OCc1oc(=O)oc1C. The first kappa shape index (κ1) is 19.8. The van der Waals surface area contributed by atoms with E-state index in [0.29, 0.717) is 6.21 Å². The van der Waals surface area contributed by atoms with Crippen LogP contribution in [0.2, 0.25) is 0 Å². The highest BCUT2D eigenvalue weighted by atomic mass is 16.6. The van der Waals surface area contributed by atoms with Crippen LogP contribution in [0.15, 0.2) is 13.6 Å². The molecule has 1 aromatic heterocycles. The van der Waals surface area contributed by atoms with Crippen molar-refractivity contribution in [1.29, 1.82) is 0 Å². The van der Waals surface area contributed by atoms with Gasteiger partial charge in [0, 0.05) is 6.42 Å². The molecule has 0 aliphatic heterocycles. The van der Waals surface area contributed by atoms with Crippen molar-refractivity contribution in [3.8, 4) is 0 Å². The second kappa shape index (κ2) is 9.83. The first-order chi connectivity index (χ1) is 11.9. The van der Waals surface area contributed by atoms with E-state index in [-0.39, 0.29) is 37.6 Å². The zero-order chi connectivity index (χ0) is 18.8. The van der Waals surface area contributed by atoms with E-state index >= 15 is 0 Å². The van der Waals surface area contributed by atoms with Gasteiger partial charge < -0.3 is 29.2 Å². The smallest absolute Gasteiger partial charge is 0.464 e. The van der Waals surface area contributed by atoms with Crippen LogP contribution in [0.25, 0.3) is 5.53 Å². The van der Waals surface area contributed by atoms with E-state index in [0.717, 1.165) is 0 Å². The van der Waals surface area contributed by atoms with E-state index in [1.54, 1.807) is 6.92 Å². The largest absolute Gasteiger partial charge is 0.519 e. The minimum atomic E-state index is -1.14. The van der Waals surface area contributed by atoms with Gasteiger partial charge in [-0.3, -0.25) is 4.79 Å². The van der Waals surface area contributed by atoms with E-state index in [9.17, 15) is 19.2 Å². The maximum Gasteiger partial charge on any atom is 0.519 e. The van der Waals surface area contributed by atoms with E-state index in [2.05, 4.69) is 18.9 Å². The van der Waals surface area contributed by atoms with Gasteiger partial charge in [-0.25, -0.2) is 14.4 Å². The van der Waals surface area contributed by atoms with Crippen LogP contribution in [0.3, 0.4) is 0 Å². The first-order valence-corrected chi connectivity index (χ1v) is 7.27. The van der Waals surface area contributed by atoms with E-state index < -0.39 is 29.7 Å². The number of Topliss-reactive ketones (excluding diaryl/α,β-unsaturated/α-hetero) is 1. The molecule has 1 unspecified atom stereocenters. The molecule has 11 nitrogen and oxygen atoms in total. The predicted octanol–water partition coefficient (Wildman–Crippen LogP) is 0.349. The Morgan fingerprint density at radius 1 is 1.32 bits per heavy atom. The van der Waals surface area contributed by atoms with Crippen LogP contribution in [0.5, 0.6) is 0 Å². The molecule has 0 saturated carbocycles. The number of ketones is 1. The Morgan fingerprint density at radius 3 is 2.60 bits per heavy atom. The van der Waals surface area contributed by atoms with Crippen molar-refractivity contribution < 1.29 is 37.5 Å². The lowest BCUT2D eigenvalue weighted by Gasteiger charge is -2.16. The van der Waals surface area contributed by atoms with Gasteiger partial charge in [0.2, 0.25) is 5.78 Å². The lowest BCUT2D eigenvalue weighted by atomic mass is 10.1. The molecule has 1 amide bonds. The molecule has 11 heteroatoms. The van der Waals surface area contributed by atoms with Crippen molar-refractivity contribution in [2.75, 3.05) is 6.61 Å². The molecule has 1 atom stereocenters. The van der Waals surface area contributed by atoms with Gasteiger partial charge in [0.25, 0.3) is 0 Å². The minimum Gasteiger partial charge on any atom is -0.464 e. The highest BCUT2D eigenvalue weighted by Crippen LogP contribution is 2.07. The normalized spacial score (nSPS) is 11.1. The molecular formula is C14H17N3O8. The predicted molar refractivity (Wildman–Crippen MR) is 79.6 cm³/mol. The molecule has 0 aliphatic carbocycles. The summed E-state index contributed by atoms with van der Waals surface area (Å²) in [5.41, 5.74) is 8.27. The fourth-order valence-electron chi connectivity index (χ4n) is 1.73. The molecular weight excluding hydrogens is 338 g/mol. The molecule has 1 rings (SSSR count). The number of hydrogen-bond acceptors (Lipinski definition) is 8. The van der Waals surface area contributed by atoms with Crippen LogP contribution in [-0.4, -0.2) is 41.5 Å². The van der Waals surface area contributed by atoms with Gasteiger partial charge in [-0.05, 0) is 20.3 Å². The molecule has 0 bridgehead atoms. The van der Waals surface area contributed by atoms with Crippen molar-refractivity contribution in [3.63, 3.8) is 0 Å². The van der Waals surface area contributed by atoms with Crippen molar-refractivity contribution in [1.82, 2.24) is 5.32 Å². The average Bonchev–Trinajstić information content (AvgIpc) is 2.87. The summed E-state index contributed by atoms with van der Waals surface area (Å²) >= 11 is 0. The Labute approximate surface area is 141 Å². The number of ether oxygens (including phenoxy) is 2. The van der Waals surface area contributed by atoms with Crippen LogP contribution in [0.4, 0.5) is 4.79 Å². The van der Waals surface area contributed by atoms with Crippen molar-refractivity contribution in [3.05, 3.63) is 27.7 Å². The highest BCUT2D eigenvalue weighted by Gasteiger charge is 2.24. The maximum absolute atomic E-state index is 11.8. The van der Waals surface area contributed by atoms with Crippen LogP contribution in [0.1, 0.15) is 31.3 Å². The van der Waals surface area contributed by atoms with Crippen LogP contribution < -0.4 is 11.1 Å². The highest BCUT2D eigenvalue weighted by molar-refractivity contribution is 6.25. The van der Waals surface area contributed by atoms with Gasteiger partial charge >= 0.3 is 24.1 Å². The monoisotopic (exact) mass is 355 g/mol. The van der Waals surface area contributed by atoms with Gasteiger partial charge in [-0.15, -0.1) is 0 Å². The summed E-state index contributed by atoms with van der Waals surface area (Å²) in [6.45, 7) is 2.74. The summed E-state index contributed by atoms with van der Waals surface area (Å²) in [4.78, 5) is 48.4. The first-order valence-electron chi connectivity index (χ1n) is 7.27. The molecule has 136 valence electrons. The zero-order valence-corrected chi connectivity index (χ0v) is 13.6. The van der Waals surface area contributed by atoms with Crippen LogP contribution in [-0.2, 0) is 25.7 Å². The van der Waals surface area contributed by atoms with Gasteiger partial charge in [0.1, 0.15) is 6.04 Å². The quantitative estimate of drug-likeness (QED) is 0.287. The zero-order valence-electron chi connectivity index (χ0n) is 13.6. The summed E-state index contributed by atoms with van der Waals surface area (Å²) in [7, 11) is 0. The van der Waals surface area contributed by atoms with Gasteiger partial charge in [0.15, 0.2) is 18.1 Å². The molecule has 0 fully saturated rings. The number of carbonyl (C=O) groups is 3. The van der Waals surface area contributed by atoms with Gasteiger partial charge in [0.05, 0.1) is 6.61 Å². The number of rotatable bonds is 9. The molecule has 0 aromatic carbocycles. The average molecular weight is 355 g/mol. The lowest BCUT2D eigenvalue weighted by Crippen LogP contribution is -2.42. The minimum absolute atomic E-state index is 0.0298. The number of alkyl carbamates (subject to hydrolysis) is 1. The van der Waals surface area contributed by atoms with E-state index in [4.69, 9.17) is 15.0 Å². The fourth-order valence-corrected chi connectivity index (χ4v) is 1.73. The Bertz CT molecular complexity index is 729. The standard InChI is InChI=1S/C14H17N3O8/c1-3-22-12(19)10(5-4-9(18)6-16-15)17-13(20)23-7-11-8(2)24-14(21)25-11/h6,10H,3-5,7H2,1-2H3,(H,17,20). The molecule has 0 radical (unpaired) electrons.